The predicted octanol–water partition coefficient (Wildman–Crippen LogP) is -0.0110. The van der Waals surface area contributed by atoms with Gasteiger partial charge in [0.25, 0.3) is 0 Å². The molecule has 0 unspecified atom stereocenters. The zero-order chi connectivity index (χ0) is 8.91. The first-order valence-corrected chi connectivity index (χ1v) is 8.53. The summed E-state index contributed by atoms with van der Waals surface area (Å²) < 4.78 is 0. The van der Waals surface area contributed by atoms with Crippen molar-refractivity contribution in [3.05, 3.63) is 0 Å². The fraction of sp³-hybridized carbons (Fsp3) is 1.00. The molecule has 0 aliphatic heterocycles. The van der Waals surface area contributed by atoms with Crippen molar-refractivity contribution in [2.24, 2.45) is 0 Å². The van der Waals surface area contributed by atoms with Crippen LogP contribution in [-0.2, 0) is 22.3 Å². The fourth-order valence-electron chi connectivity index (χ4n) is 0.797. The molecule has 0 aromatic heterocycles. The van der Waals surface area contributed by atoms with E-state index in [4.69, 9.17) is 0 Å². The summed E-state index contributed by atoms with van der Waals surface area (Å²) in [6.07, 6.45) is 1.82. The number of hydrogen-bond donors (Lipinski definition) is 0. The Hall–Kier alpha value is 1.87. The van der Waals surface area contributed by atoms with Crippen LogP contribution in [0.4, 0.5) is 0 Å². The monoisotopic (exact) mass is 334 g/mol. The third-order valence-electron chi connectivity index (χ3n) is 1.20. The van der Waals surface area contributed by atoms with Gasteiger partial charge in [-0.1, -0.05) is 13.8 Å². The van der Waals surface area contributed by atoms with Gasteiger partial charge in [0.1, 0.15) is 0 Å². The van der Waals surface area contributed by atoms with Crippen LogP contribution < -0.4 is 9.79 Å². The Morgan fingerprint density at radius 2 is 1.50 bits per heavy atom. The molecule has 0 spiro atoms. The van der Waals surface area contributed by atoms with E-state index < -0.39 is 15.8 Å². The van der Waals surface area contributed by atoms with Crippen molar-refractivity contribution in [1.29, 1.82) is 0 Å². The second kappa shape index (κ2) is 8.20. The molecule has 0 fully saturated rings. The molecule has 0 aromatic carbocycles. The summed E-state index contributed by atoms with van der Waals surface area (Å²) in [5, 5.41) is 0. The molecule has 0 atom stereocenters. The Balaban J connectivity index is 0. The van der Waals surface area contributed by atoms with Crippen LogP contribution in [0.5, 0.6) is 0 Å². The predicted molar refractivity (Wildman–Crippen MR) is 57.7 cm³/mol. The van der Waals surface area contributed by atoms with E-state index in [1.54, 1.807) is 0 Å². The van der Waals surface area contributed by atoms with Crippen molar-refractivity contribution in [2.75, 3.05) is 11.5 Å². The number of hydrogen-bond acceptors (Lipinski definition) is 3. The van der Waals surface area contributed by atoms with Gasteiger partial charge in [-0.25, -0.2) is 10.1 Å². The van der Waals surface area contributed by atoms with Crippen molar-refractivity contribution in [3.63, 3.8) is 0 Å². The summed E-state index contributed by atoms with van der Waals surface area (Å²) in [5.74, 6) is 1.50. The molecule has 0 aliphatic carbocycles. The Bertz CT molecular complexity index is 153. The molecule has 0 rings (SSSR count). The maximum Gasteiger partial charge on any atom is 3.00 e. The molecule has 2 nitrogen and oxygen atoms in total. The van der Waals surface area contributed by atoms with E-state index in [1.165, 1.54) is 0 Å². The minimum Gasteiger partial charge on any atom is -0.854 e. The quantitative estimate of drug-likeness (QED) is 0.413. The Morgan fingerprint density at radius 3 is 1.67 bits per heavy atom. The molecule has 0 aliphatic rings. The van der Waals surface area contributed by atoms with Crippen LogP contribution >= 0.6 is 5.69 Å². The molecule has 12 heavy (non-hydrogen) atoms. The van der Waals surface area contributed by atoms with Crippen LogP contribution in [0.1, 0.15) is 26.7 Å². The van der Waals surface area contributed by atoms with E-state index >= 15 is 0 Å². The van der Waals surface area contributed by atoms with E-state index in [1.807, 2.05) is 13.8 Å². The van der Waals surface area contributed by atoms with Gasteiger partial charge in [-0.05, 0) is 24.3 Å². The molecule has 6 heteroatoms. The van der Waals surface area contributed by atoms with E-state index in [9.17, 15) is 9.79 Å². The minimum absolute atomic E-state index is 0. The fourth-order valence-corrected chi connectivity index (χ4v) is 6.17. The van der Waals surface area contributed by atoms with Crippen LogP contribution in [-0.4, -0.2) is 35.9 Å². The molecule has 0 bridgehead atoms. The third-order valence-corrected chi connectivity index (χ3v) is 8.48. The normalized spacial score (nSPS) is 11.5. The van der Waals surface area contributed by atoms with Crippen LogP contribution in [0.2, 0.25) is 0 Å². The third kappa shape index (κ3) is 7.29. The second-order valence-corrected chi connectivity index (χ2v) is 10.1. The molecule has 0 N–H and O–H groups in total. The summed E-state index contributed by atoms with van der Waals surface area (Å²) in [6, 6.07) is 0. The SMILES string of the molecule is CCCS(CCC)=P([O-])([O-])[S-].[Sb+3]. The Kier molecular flexibility index (Phi) is 11.1. The van der Waals surface area contributed by atoms with Gasteiger partial charge >= 0.3 is 24.4 Å². The minimum atomic E-state index is -3.45. The maximum atomic E-state index is 11.0. The molecule has 72 valence electrons. The summed E-state index contributed by atoms with van der Waals surface area (Å²) in [4.78, 5) is 21.9. The molecule has 0 saturated heterocycles. The van der Waals surface area contributed by atoms with Crippen molar-refractivity contribution in [1.82, 2.24) is 0 Å². The van der Waals surface area contributed by atoms with Gasteiger partial charge in [-0.3, -0.25) is 0 Å². The summed E-state index contributed by atoms with van der Waals surface area (Å²) in [6.45, 7) is 3.97. The van der Waals surface area contributed by atoms with E-state index in [0.717, 1.165) is 24.3 Å². The molecule has 0 aromatic rings. The van der Waals surface area contributed by atoms with Gasteiger partial charge in [0, 0.05) is 0 Å². The Morgan fingerprint density at radius 1 is 1.17 bits per heavy atom. The van der Waals surface area contributed by atoms with Gasteiger partial charge in [0.2, 0.25) is 0 Å². The molecular weight excluding hydrogens is 321 g/mol. The van der Waals surface area contributed by atoms with Crippen LogP contribution in [0.15, 0.2) is 0 Å². The smallest absolute Gasteiger partial charge is 0.854 e. The topological polar surface area (TPSA) is 46.1 Å². The van der Waals surface area contributed by atoms with Crippen molar-refractivity contribution in [3.8, 4) is 0 Å². The van der Waals surface area contributed by atoms with Crippen molar-refractivity contribution < 1.29 is 9.79 Å². The van der Waals surface area contributed by atoms with Crippen molar-refractivity contribution >= 4 is 52.4 Å². The molecule has 0 saturated carbocycles. The maximum absolute atomic E-state index is 11.0. The molecule has 2 radical (unpaired) electrons. The number of rotatable bonds is 4. The van der Waals surface area contributed by atoms with Crippen LogP contribution in [0.25, 0.3) is 0 Å². The molecular formula is C6H14O2PS2Sb. The van der Waals surface area contributed by atoms with Gasteiger partial charge in [0.15, 0.2) is 0 Å². The van der Waals surface area contributed by atoms with Gasteiger partial charge < -0.3 is 27.7 Å². The van der Waals surface area contributed by atoms with Gasteiger partial charge in [-0.15, -0.1) is 0 Å². The average molecular weight is 335 g/mol. The van der Waals surface area contributed by atoms with Crippen LogP contribution in [0, 0.1) is 0 Å². The van der Waals surface area contributed by atoms with Crippen molar-refractivity contribution in [2.45, 2.75) is 26.7 Å². The first-order valence-electron chi connectivity index (χ1n) is 3.72. The molecule has 0 amide bonds. The Labute approximate surface area is 99.9 Å². The summed E-state index contributed by atoms with van der Waals surface area (Å²) in [5.41, 5.74) is -3.45. The largest absolute Gasteiger partial charge is 3.00 e. The summed E-state index contributed by atoms with van der Waals surface area (Å²) in [7, 11) is -0.527. The summed E-state index contributed by atoms with van der Waals surface area (Å²) >= 11 is 4.45. The standard InChI is InChI=1S/C6H14O2PS2.Sb/c1-3-5-11(6-4-2)9(7,8)10;/h3-6H2,1-2H3;/q-3;+3. The van der Waals surface area contributed by atoms with E-state index in [2.05, 4.69) is 12.2 Å². The van der Waals surface area contributed by atoms with Gasteiger partial charge in [0.05, 0.1) is 0 Å². The zero-order valence-electron chi connectivity index (χ0n) is 7.36. The second-order valence-electron chi connectivity index (χ2n) is 2.32. The van der Waals surface area contributed by atoms with E-state index in [-0.39, 0.29) is 24.4 Å². The first-order chi connectivity index (χ1) is 5.02. The first kappa shape index (κ1) is 16.3. The van der Waals surface area contributed by atoms with Gasteiger partial charge in [-0.2, -0.15) is 0 Å². The van der Waals surface area contributed by atoms with E-state index in [0.29, 0.717) is 0 Å². The average Bonchev–Trinajstić information content (AvgIpc) is 1.85. The molecule has 0 heterocycles. The van der Waals surface area contributed by atoms with Crippen LogP contribution in [0.3, 0.4) is 0 Å². The zero-order valence-corrected chi connectivity index (χ0v) is 12.4.